The fourth-order valence-corrected chi connectivity index (χ4v) is 2.20. The van der Waals surface area contributed by atoms with Gasteiger partial charge >= 0.3 is 0 Å². The van der Waals surface area contributed by atoms with Crippen molar-refractivity contribution in [2.75, 3.05) is 0 Å². The monoisotopic (exact) mass is 200 g/mol. The van der Waals surface area contributed by atoms with E-state index in [0.717, 1.165) is 22.2 Å². The lowest BCUT2D eigenvalue weighted by atomic mass is 10.1. The minimum Gasteiger partial charge on any atom is -0.357 e. The van der Waals surface area contributed by atoms with Crippen LogP contribution < -0.4 is 10.7 Å². The van der Waals surface area contributed by atoms with Gasteiger partial charge in [-0.05, 0) is 19.1 Å². The van der Waals surface area contributed by atoms with Crippen LogP contribution in [-0.2, 0) is 6.54 Å². The standard InChI is InChI=1S/C12H12N2O/c1-7-11-9(6-13-7)12(15)8-4-2-3-5-10(8)14-11/h2-5,7,13H,6H2,1H3,(H,14,15). The van der Waals surface area contributed by atoms with Gasteiger partial charge in [-0.2, -0.15) is 0 Å². The van der Waals surface area contributed by atoms with Gasteiger partial charge in [0.15, 0.2) is 5.43 Å². The summed E-state index contributed by atoms with van der Waals surface area (Å²) in [6.07, 6.45) is 0. The van der Waals surface area contributed by atoms with E-state index in [1.54, 1.807) is 0 Å². The van der Waals surface area contributed by atoms with Crippen molar-refractivity contribution >= 4 is 10.9 Å². The van der Waals surface area contributed by atoms with Crippen LogP contribution in [0.15, 0.2) is 29.1 Å². The maximum atomic E-state index is 12.1. The molecule has 1 atom stereocenters. The lowest BCUT2D eigenvalue weighted by Gasteiger charge is -2.06. The lowest BCUT2D eigenvalue weighted by molar-refractivity contribution is 0.624. The zero-order valence-corrected chi connectivity index (χ0v) is 8.50. The number of fused-ring (bicyclic) bond motifs is 2. The highest BCUT2D eigenvalue weighted by molar-refractivity contribution is 5.79. The van der Waals surface area contributed by atoms with Gasteiger partial charge in [0.2, 0.25) is 0 Å². The molecule has 0 saturated carbocycles. The minimum atomic E-state index is 0.163. The van der Waals surface area contributed by atoms with Crippen LogP contribution >= 0.6 is 0 Å². The Bertz CT molecular complexity index is 586. The molecule has 0 spiro atoms. The van der Waals surface area contributed by atoms with Crippen LogP contribution in [0, 0.1) is 0 Å². The third kappa shape index (κ3) is 1.13. The molecule has 1 aliphatic heterocycles. The van der Waals surface area contributed by atoms with E-state index in [9.17, 15) is 4.79 Å². The summed E-state index contributed by atoms with van der Waals surface area (Å²) in [5.41, 5.74) is 3.02. The smallest absolute Gasteiger partial charge is 0.194 e. The highest BCUT2D eigenvalue weighted by Gasteiger charge is 2.22. The predicted octanol–water partition coefficient (Wildman–Crippen LogP) is 1.69. The second-order valence-electron chi connectivity index (χ2n) is 3.99. The number of aromatic amines is 1. The van der Waals surface area contributed by atoms with Crippen LogP contribution in [0.2, 0.25) is 0 Å². The Morgan fingerprint density at radius 2 is 2.13 bits per heavy atom. The molecular weight excluding hydrogens is 188 g/mol. The molecule has 0 radical (unpaired) electrons. The molecule has 1 aromatic carbocycles. The topological polar surface area (TPSA) is 44.9 Å². The molecule has 0 saturated heterocycles. The SMILES string of the molecule is CC1NCc2c1[nH]c1ccccc1c2=O. The van der Waals surface area contributed by atoms with Crippen molar-refractivity contribution in [2.45, 2.75) is 19.5 Å². The summed E-state index contributed by atoms with van der Waals surface area (Å²) in [6, 6.07) is 7.91. The number of H-pyrrole nitrogens is 1. The molecule has 0 bridgehead atoms. The quantitative estimate of drug-likeness (QED) is 0.679. The first-order valence-electron chi connectivity index (χ1n) is 5.14. The molecule has 3 nitrogen and oxygen atoms in total. The Morgan fingerprint density at radius 3 is 3.00 bits per heavy atom. The van der Waals surface area contributed by atoms with Crippen molar-refractivity contribution in [3.63, 3.8) is 0 Å². The first-order chi connectivity index (χ1) is 7.27. The first kappa shape index (κ1) is 8.68. The van der Waals surface area contributed by atoms with Crippen molar-refractivity contribution in [3.05, 3.63) is 45.7 Å². The van der Waals surface area contributed by atoms with Crippen molar-refractivity contribution < 1.29 is 0 Å². The summed E-state index contributed by atoms with van der Waals surface area (Å²) in [6.45, 7) is 2.74. The number of benzene rings is 1. The molecule has 2 aromatic rings. The zero-order chi connectivity index (χ0) is 10.4. The third-order valence-electron chi connectivity index (χ3n) is 3.06. The maximum absolute atomic E-state index is 12.1. The Morgan fingerprint density at radius 1 is 1.33 bits per heavy atom. The minimum absolute atomic E-state index is 0.163. The molecule has 2 N–H and O–H groups in total. The van der Waals surface area contributed by atoms with Crippen LogP contribution in [-0.4, -0.2) is 4.98 Å². The van der Waals surface area contributed by atoms with Crippen molar-refractivity contribution in [3.8, 4) is 0 Å². The van der Waals surface area contributed by atoms with Crippen LogP contribution in [0.4, 0.5) is 0 Å². The Balaban J connectivity index is 2.46. The molecule has 0 amide bonds. The van der Waals surface area contributed by atoms with Gasteiger partial charge in [-0.1, -0.05) is 12.1 Å². The van der Waals surface area contributed by atoms with Gasteiger partial charge in [0, 0.05) is 34.7 Å². The van der Waals surface area contributed by atoms with Crippen LogP contribution in [0.25, 0.3) is 10.9 Å². The Kier molecular flexibility index (Phi) is 1.70. The molecule has 2 heterocycles. The van der Waals surface area contributed by atoms with Crippen LogP contribution in [0.5, 0.6) is 0 Å². The van der Waals surface area contributed by atoms with Gasteiger partial charge in [0.25, 0.3) is 0 Å². The number of aromatic nitrogens is 1. The highest BCUT2D eigenvalue weighted by atomic mass is 16.1. The van der Waals surface area contributed by atoms with Crippen molar-refractivity contribution in [2.24, 2.45) is 0 Å². The number of para-hydroxylation sites is 1. The van der Waals surface area contributed by atoms with Gasteiger partial charge < -0.3 is 10.3 Å². The summed E-state index contributed by atoms with van der Waals surface area (Å²) < 4.78 is 0. The molecule has 1 aromatic heterocycles. The number of pyridine rings is 1. The second-order valence-corrected chi connectivity index (χ2v) is 3.99. The number of hydrogen-bond acceptors (Lipinski definition) is 2. The normalized spacial score (nSPS) is 19.4. The van der Waals surface area contributed by atoms with E-state index in [4.69, 9.17) is 0 Å². The highest BCUT2D eigenvalue weighted by Crippen LogP contribution is 2.22. The fourth-order valence-electron chi connectivity index (χ4n) is 2.20. The summed E-state index contributed by atoms with van der Waals surface area (Å²) in [4.78, 5) is 15.4. The average Bonchev–Trinajstić information content (AvgIpc) is 2.62. The fraction of sp³-hybridized carbons (Fsp3) is 0.250. The average molecular weight is 200 g/mol. The van der Waals surface area contributed by atoms with Gasteiger partial charge in [0.05, 0.1) is 0 Å². The molecule has 1 unspecified atom stereocenters. The molecular formula is C12H12N2O. The summed E-state index contributed by atoms with van der Waals surface area (Å²) >= 11 is 0. The van der Waals surface area contributed by atoms with E-state index in [2.05, 4.69) is 17.2 Å². The maximum Gasteiger partial charge on any atom is 0.194 e. The van der Waals surface area contributed by atoms with Gasteiger partial charge in [-0.3, -0.25) is 4.79 Å². The van der Waals surface area contributed by atoms with Gasteiger partial charge in [0.1, 0.15) is 0 Å². The van der Waals surface area contributed by atoms with Gasteiger partial charge in [-0.25, -0.2) is 0 Å². The predicted molar refractivity (Wildman–Crippen MR) is 59.8 cm³/mol. The molecule has 3 rings (SSSR count). The molecule has 0 aliphatic carbocycles. The van der Waals surface area contributed by atoms with Crippen LogP contribution in [0.3, 0.4) is 0 Å². The summed E-state index contributed by atoms with van der Waals surface area (Å²) in [5.74, 6) is 0. The summed E-state index contributed by atoms with van der Waals surface area (Å²) in [5, 5.41) is 4.05. The summed E-state index contributed by atoms with van der Waals surface area (Å²) in [7, 11) is 0. The van der Waals surface area contributed by atoms with E-state index >= 15 is 0 Å². The van der Waals surface area contributed by atoms with E-state index in [-0.39, 0.29) is 11.5 Å². The Hall–Kier alpha value is -1.61. The van der Waals surface area contributed by atoms with Crippen LogP contribution in [0.1, 0.15) is 24.2 Å². The van der Waals surface area contributed by atoms with Gasteiger partial charge in [-0.15, -0.1) is 0 Å². The largest absolute Gasteiger partial charge is 0.357 e. The van der Waals surface area contributed by atoms with E-state index in [1.807, 2.05) is 24.3 Å². The number of nitrogens with one attached hydrogen (secondary N) is 2. The second kappa shape index (κ2) is 2.94. The van der Waals surface area contributed by atoms with E-state index in [0.29, 0.717) is 6.54 Å². The third-order valence-corrected chi connectivity index (χ3v) is 3.06. The molecule has 3 heteroatoms. The van der Waals surface area contributed by atoms with Crippen molar-refractivity contribution in [1.82, 2.24) is 10.3 Å². The zero-order valence-electron chi connectivity index (χ0n) is 8.50. The van der Waals surface area contributed by atoms with E-state index in [1.165, 1.54) is 0 Å². The Labute approximate surface area is 87.1 Å². The lowest BCUT2D eigenvalue weighted by Crippen LogP contribution is -2.11. The number of rotatable bonds is 0. The molecule has 76 valence electrons. The first-order valence-corrected chi connectivity index (χ1v) is 5.14. The van der Waals surface area contributed by atoms with Crippen molar-refractivity contribution in [1.29, 1.82) is 0 Å². The van der Waals surface area contributed by atoms with E-state index < -0.39 is 0 Å². The number of hydrogen-bond donors (Lipinski definition) is 2. The molecule has 0 fully saturated rings. The molecule has 1 aliphatic rings. The molecule has 15 heavy (non-hydrogen) atoms.